The molecule has 4 heterocycles. The van der Waals surface area contributed by atoms with E-state index < -0.39 is 0 Å². The number of nitriles is 1. The van der Waals surface area contributed by atoms with Crippen molar-refractivity contribution in [3.63, 3.8) is 0 Å². The van der Waals surface area contributed by atoms with Gasteiger partial charge in [0.05, 0.1) is 18.8 Å². The maximum atomic E-state index is 9.01. The zero-order valence-corrected chi connectivity index (χ0v) is 18.5. The normalized spacial score (nSPS) is 14.8. The predicted octanol–water partition coefficient (Wildman–Crippen LogP) is 4.21. The van der Waals surface area contributed by atoms with Crippen LogP contribution in [0, 0.1) is 11.3 Å². The number of aromatic nitrogens is 4. The number of nitrogens with zero attached hydrogens (tertiary/aromatic N) is 6. The lowest BCUT2D eigenvalue weighted by Crippen LogP contribution is -2.33. The van der Waals surface area contributed by atoms with Crippen LogP contribution in [0.4, 0.5) is 5.82 Å². The van der Waals surface area contributed by atoms with Gasteiger partial charge in [-0.2, -0.15) is 5.26 Å². The largest absolute Gasteiger partial charge is 0.367 e. The van der Waals surface area contributed by atoms with Crippen molar-refractivity contribution in [1.29, 1.82) is 5.26 Å². The molecule has 1 saturated heterocycles. The Balaban J connectivity index is 1.48. The van der Waals surface area contributed by atoms with E-state index in [9.17, 15) is 0 Å². The van der Waals surface area contributed by atoms with E-state index in [4.69, 9.17) is 15.2 Å². The Kier molecular flexibility index (Phi) is 5.53. The lowest BCUT2D eigenvalue weighted by atomic mass is 10.1. The van der Waals surface area contributed by atoms with E-state index in [1.165, 1.54) is 32.4 Å². The Labute approximate surface area is 185 Å². The lowest BCUT2D eigenvalue weighted by Gasteiger charge is -2.26. The molecule has 1 fully saturated rings. The van der Waals surface area contributed by atoms with E-state index in [0.717, 1.165) is 56.4 Å². The summed E-state index contributed by atoms with van der Waals surface area (Å²) in [6.45, 7) is 4.26. The molecule has 0 saturated carbocycles. The molecule has 1 aliphatic rings. The van der Waals surface area contributed by atoms with Crippen molar-refractivity contribution in [2.75, 3.05) is 31.5 Å². The van der Waals surface area contributed by atoms with Crippen LogP contribution in [0.3, 0.4) is 0 Å². The molecule has 7 nitrogen and oxygen atoms in total. The molecule has 3 aromatic heterocycles. The minimum atomic E-state index is 0.397. The molecule has 1 aromatic carbocycles. The first-order chi connectivity index (χ1) is 15.2. The van der Waals surface area contributed by atoms with Crippen LogP contribution in [-0.2, 0) is 13.5 Å². The summed E-state index contributed by atoms with van der Waals surface area (Å²) < 4.78 is 2.02. The summed E-state index contributed by atoms with van der Waals surface area (Å²) in [6.07, 6.45) is 6.17. The summed E-state index contributed by atoms with van der Waals surface area (Å²) in [6, 6.07) is 10.2. The molecule has 0 amide bonds. The van der Waals surface area contributed by atoms with E-state index in [2.05, 4.69) is 21.3 Å². The molecule has 1 aliphatic heterocycles. The molecular weight excluding hydrogens is 406 g/mol. The topological polar surface area (TPSA) is 82.7 Å². The number of thiazole rings is 1. The Morgan fingerprint density at radius 2 is 2.03 bits per heavy atom. The van der Waals surface area contributed by atoms with Gasteiger partial charge in [-0.1, -0.05) is 36.0 Å². The third-order valence-electron chi connectivity index (χ3n) is 5.83. The summed E-state index contributed by atoms with van der Waals surface area (Å²) in [4.78, 5) is 17.8. The highest BCUT2D eigenvalue weighted by atomic mass is 32.1. The van der Waals surface area contributed by atoms with Gasteiger partial charge in [-0.3, -0.25) is 0 Å². The summed E-state index contributed by atoms with van der Waals surface area (Å²) in [5, 5.41) is 13.5. The number of fused-ring (bicyclic) bond motifs is 3. The Morgan fingerprint density at radius 3 is 2.87 bits per heavy atom. The van der Waals surface area contributed by atoms with E-state index in [1.807, 2.05) is 42.2 Å². The summed E-state index contributed by atoms with van der Waals surface area (Å²) in [5.74, 6) is 0.827. The van der Waals surface area contributed by atoms with Gasteiger partial charge in [0.25, 0.3) is 0 Å². The van der Waals surface area contributed by atoms with Gasteiger partial charge in [-0.15, -0.1) is 0 Å². The van der Waals surface area contributed by atoms with Crippen LogP contribution in [0.15, 0.2) is 30.6 Å². The number of hydrogen-bond acceptors (Lipinski definition) is 7. The van der Waals surface area contributed by atoms with Crippen molar-refractivity contribution < 1.29 is 0 Å². The highest BCUT2D eigenvalue weighted by Gasteiger charge is 2.18. The zero-order chi connectivity index (χ0) is 21.2. The minimum absolute atomic E-state index is 0.397. The van der Waals surface area contributed by atoms with Gasteiger partial charge in [0.15, 0.2) is 5.82 Å². The molecule has 0 aliphatic carbocycles. The average molecular weight is 432 g/mol. The number of hydrogen-bond donors (Lipinski definition) is 1. The van der Waals surface area contributed by atoms with Crippen molar-refractivity contribution in [2.45, 2.75) is 25.7 Å². The van der Waals surface area contributed by atoms with E-state index >= 15 is 0 Å². The predicted molar refractivity (Wildman–Crippen MR) is 125 cm³/mol. The summed E-state index contributed by atoms with van der Waals surface area (Å²) in [7, 11) is 2.00. The second-order valence-electron chi connectivity index (χ2n) is 8.05. The molecule has 4 aromatic rings. The zero-order valence-electron chi connectivity index (χ0n) is 17.6. The summed E-state index contributed by atoms with van der Waals surface area (Å²) >= 11 is 1.58. The quantitative estimate of drug-likeness (QED) is 0.492. The lowest BCUT2D eigenvalue weighted by molar-refractivity contribution is 0.237. The SMILES string of the molecule is Cn1cnc2c(NCCN3CCCCC3)nc3sc(-c4cccc(CC#N)c4)nc3c21. The van der Waals surface area contributed by atoms with E-state index in [1.54, 1.807) is 11.3 Å². The smallest absolute Gasteiger partial charge is 0.156 e. The van der Waals surface area contributed by atoms with Crippen molar-refractivity contribution in [1.82, 2.24) is 24.4 Å². The molecule has 0 atom stereocenters. The van der Waals surface area contributed by atoms with Crippen molar-refractivity contribution >= 4 is 38.5 Å². The van der Waals surface area contributed by atoms with Gasteiger partial charge < -0.3 is 14.8 Å². The maximum Gasteiger partial charge on any atom is 0.156 e. The van der Waals surface area contributed by atoms with Crippen molar-refractivity contribution in [2.24, 2.45) is 7.05 Å². The number of benzene rings is 1. The van der Waals surface area contributed by atoms with Crippen LogP contribution >= 0.6 is 11.3 Å². The highest BCUT2D eigenvalue weighted by molar-refractivity contribution is 7.21. The maximum absolute atomic E-state index is 9.01. The van der Waals surface area contributed by atoms with Crippen molar-refractivity contribution in [3.8, 4) is 16.6 Å². The molecule has 1 N–H and O–H groups in total. The van der Waals surface area contributed by atoms with Crippen LogP contribution in [0.1, 0.15) is 24.8 Å². The fraction of sp³-hybridized carbons (Fsp3) is 0.391. The molecule has 0 bridgehead atoms. The van der Waals surface area contributed by atoms with Gasteiger partial charge >= 0.3 is 0 Å². The number of pyridine rings is 1. The van der Waals surface area contributed by atoms with E-state index in [0.29, 0.717) is 6.42 Å². The molecule has 5 rings (SSSR count). The van der Waals surface area contributed by atoms with Crippen LogP contribution < -0.4 is 5.32 Å². The third-order valence-corrected chi connectivity index (χ3v) is 6.83. The standard InChI is InChI=1S/C23H25N7S/c1-29-15-26-18-20(29)19-23(28-21(18)25-10-13-30-11-3-2-4-12-30)31-22(27-19)17-7-5-6-16(14-17)8-9-24/h5-7,14-15H,2-4,8,10-13H2,1H3,(H,25,28). The van der Waals surface area contributed by atoms with Crippen molar-refractivity contribution in [3.05, 3.63) is 36.2 Å². The molecule has 0 spiro atoms. The first-order valence-corrected chi connectivity index (χ1v) is 11.6. The van der Waals surface area contributed by atoms with Crippen LogP contribution in [-0.4, -0.2) is 50.6 Å². The number of nitrogens with one attached hydrogen (secondary N) is 1. The number of anilines is 1. The number of rotatable bonds is 6. The first-order valence-electron chi connectivity index (χ1n) is 10.8. The summed E-state index contributed by atoms with van der Waals surface area (Å²) in [5.41, 5.74) is 4.76. The van der Waals surface area contributed by atoms with Gasteiger partial charge in [-0.25, -0.2) is 15.0 Å². The van der Waals surface area contributed by atoms with Crippen LogP contribution in [0.5, 0.6) is 0 Å². The molecule has 31 heavy (non-hydrogen) atoms. The molecular formula is C23H25N7S. The monoisotopic (exact) mass is 431 g/mol. The van der Waals surface area contributed by atoms with Gasteiger partial charge in [0.1, 0.15) is 26.4 Å². The minimum Gasteiger partial charge on any atom is -0.367 e. The van der Waals surface area contributed by atoms with Gasteiger partial charge in [0, 0.05) is 25.7 Å². The second kappa shape index (κ2) is 8.61. The van der Waals surface area contributed by atoms with Gasteiger partial charge in [-0.05, 0) is 37.6 Å². The number of imidazole rings is 1. The number of likely N-dealkylation sites (tertiary alicyclic amines) is 1. The Morgan fingerprint density at radius 1 is 1.16 bits per heavy atom. The molecule has 0 unspecified atom stereocenters. The van der Waals surface area contributed by atoms with Gasteiger partial charge in [0.2, 0.25) is 0 Å². The molecule has 0 radical (unpaired) electrons. The fourth-order valence-corrected chi connectivity index (χ4v) is 5.19. The number of aryl methyl sites for hydroxylation is 1. The second-order valence-corrected chi connectivity index (χ2v) is 9.03. The average Bonchev–Trinajstić information content (AvgIpc) is 3.39. The highest BCUT2D eigenvalue weighted by Crippen LogP contribution is 2.35. The molecule has 158 valence electrons. The third kappa shape index (κ3) is 3.99. The van der Waals surface area contributed by atoms with Crippen LogP contribution in [0.25, 0.3) is 32.0 Å². The first kappa shape index (κ1) is 19.9. The van der Waals surface area contributed by atoms with Crippen LogP contribution in [0.2, 0.25) is 0 Å². The fourth-order valence-electron chi connectivity index (χ4n) is 4.25. The molecule has 8 heteroatoms. The number of piperidine rings is 1. The Bertz CT molecular complexity index is 1260. The van der Waals surface area contributed by atoms with E-state index in [-0.39, 0.29) is 0 Å². The Hall–Kier alpha value is -3.02.